The minimum absolute atomic E-state index is 0.0840. The van der Waals surface area contributed by atoms with E-state index in [4.69, 9.17) is 5.73 Å². The average Bonchev–Trinajstić information content (AvgIpc) is 2.33. The van der Waals surface area contributed by atoms with Crippen LogP contribution in [-0.4, -0.2) is 25.0 Å². The number of carbonyl (C=O) groups excluding carboxylic acids is 1. The van der Waals surface area contributed by atoms with Crippen LogP contribution >= 0.6 is 0 Å². The van der Waals surface area contributed by atoms with E-state index in [9.17, 15) is 4.79 Å². The molecule has 3 N–H and O–H groups in total. The SMILES string of the molecule is Cc1ccc(CN)c(N2CCNC(=O)C2C)c1. The van der Waals surface area contributed by atoms with Gasteiger partial charge in [0.05, 0.1) is 0 Å². The Hall–Kier alpha value is -1.55. The lowest BCUT2D eigenvalue weighted by molar-refractivity contribution is -0.122. The zero-order chi connectivity index (χ0) is 12.4. The normalized spacial score (nSPS) is 20.3. The quantitative estimate of drug-likeness (QED) is 0.793. The average molecular weight is 233 g/mol. The summed E-state index contributed by atoms with van der Waals surface area (Å²) in [5.41, 5.74) is 9.14. The summed E-state index contributed by atoms with van der Waals surface area (Å²) in [5.74, 6) is 0.0840. The van der Waals surface area contributed by atoms with Crippen molar-refractivity contribution < 1.29 is 4.79 Å². The van der Waals surface area contributed by atoms with E-state index in [-0.39, 0.29) is 11.9 Å². The van der Waals surface area contributed by atoms with E-state index < -0.39 is 0 Å². The van der Waals surface area contributed by atoms with E-state index in [0.717, 1.165) is 17.8 Å². The van der Waals surface area contributed by atoms with Crippen molar-refractivity contribution >= 4 is 11.6 Å². The number of amides is 1. The summed E-state index contributed by atoms with van der Waals surface area (Å²) in [7, 11) is 0. The monoisotopic (exact) mass is 233 g/mol. The molecule has 4 nitrogen and oxygen atoms in total. The highest BCUT2D eigenvalue weighted by Gasteiger charge is 2.26. The number of rotatable bonds is 2. The van der Waals surface area contributed by atoms with Gasteiger partial charge in [-0.3, -0.25) is 4.79 Å². The van der Waals surface area contributed by atoms with Gasteiger partial charge in [-0.15, -0.1) is 0 Å². The van der Waals surface area contributed by atoms with Gasteiger partial charge in [0.15, 0.2) is 0 Å². The fourth-order valence-corrected chi connectivity index (χ4v) is 2.23. The number of hydrogen-bond acceptors (Lipinski definition) is 3. The minimum Gasteiger partial charge on any atom is -0.358 e. The summed E-state index contributed by atoms with van der Waals surface area (Å²) in [4.78, 5) is 13.8. The molecule has 4 heteroatoms. The number of nitrogens with zero attached hydrogens (tertiary/aromatic N) is 1. The van der Waals surface area contributed by atoms with E-state index in [2.05, 4.69) is 29.3 Å². The van der Waals surface area contributed by atoms with E-state index in [1.54, 1.807) is 0 Å². The molecule has 1 aromatic carbocycles. The van der Waals surface area contributed by atoms with Crippen LogP contribution in [0.4, 0.5) is 5.69 Å². The molecule has 1 unspecified atom stereocenters. The Labute approximate surface area is 102 Å². The number of piperazine rings is 1. The third kappa shape index (κ3) is 2.26. The molecular formula is C13H19N3O. The van der Waals surface area contributed by atoms with Crippen molar-refractivity contribution in [3.8, 4) is 0 Å². The molecule has 0 saturated carbocycles. The van der Waals surface area contributed by atoms with Crippen LogP contribution in [0.3, 0.4) is 0 Å². The summed E-state index contributed by atoms with van der Waals surface area (Å²) < 4.78 is 0. The minimum atomic E-state index is -0.129. The molecule has 1 aromatic rings. The van der Waals surface area contributed by atoms with Crippen LogP contribution in [0.5, 0.6) is 0 Å². The van der Waals surface area contributed by atoms with Gasteiger partial charge in [-0.1, -0.05) is 12.1 Å². The highest BCUT2D eigenvalue weighted by Crippen LogP contribution is 2.24. The maximum absolute atomic E-state index is 11.7. The molecule has 1 aliphatic rings. The van der Waals surface area contributed by atoms with Gasteiger partial charge >= 0.3 is 0 Å². The van der Waals surface area contributed by atoms with Crippen molar-refractivity contribution in [3.05, 3.63) is 29.3 Å². The largest absolute Gasteiger partial charge is 0.358 e. The third-order valence-electron chi connectivity index (χ3n) is 3.27. The van der Waals surface area contributed by atoms with Crippen LogP contribution in [0.15, 0.2) is 18.2 Å². The molecule has 17 heavy (non-hydrogen) atoms. The lowest BCUT2D eigenvalue weighted by Crippen LogP contribution is -2.54. The van der Waals surface area contributed by atoms with Crippen molar-refractivity contribution in [2.24, 2.45) is 5.73 Å². The fraction of sp³-hybridized carbons (Fsp3) is 0.462. The lowest BCUT2D eigenvalue weighted by Gasteiger charge is -2.36. The van der Waals surface area contributed by atoms with Crippen molar-refractivity contribution in [1.29, 1.82) is 0 Å². The first-order valence-corrected chi connectivity index (χ1v) is 5.97. The summed E-state index contributed by atoms with van der Waals surface area (Å²) >= 11 is 0. The Balaban J connectivity index is 2.37. The second-order valence-electron chi connectivity index (χ2n) is 4.50. The molecule has 2 rings (SSSR count). The Morgan fingerprint density at radius 3 is 3.00 bits per heavy atom. The number of benzene rings is 1. The maximum atomic E-state index is 11.7. The lowest BCUT2D eigenvalue weighted by atomic mass is 10.1. The van der Waals surface area contributed by atoms with Gasteiger partial charge in [0, 0.05) is 25.3 Å². The number of carbonyl (C=O) groups is 1. The van der Waals surface area contributed by atoms with Crippen LogP contribution in [0.1, 0.15) is 18.1 Å². The first-order chi connectivity index (χ1) is 8.13. The van der Waals surface area contributed by atoms with Crippen molar-refractivity contribution in [2.75, 3.05) is 18.0 Å². The van der Waals surface area contributed by atoms with Gasteiger partial charge in [-0.2, -0.15) is 0 Å². The van der Waals surface area contributed by atoms with E-state index in [1.165, 1.54) is 5.56 Å². The highest BCUT2D eigenvalue weighted by atomic mass is 16.2. The van der Waals surface area contributed by atoms with Crippen LogP contribution in [-0.2, 0) is 11.3 Å². The van der Waals surface area contributed by atoms with Crippen LogP contribution in [0.2, 0.25) is 0 Å². The number of hydrogen-bond donors (Lipinski definition) is 2. The molecule has 1 saturated heterocycles. The first-order valence-electron chi connectivity index (χ1n) is 5.97. The molecule has 0 aliphatic carbocycles. The predicted molar refractivity (Wildman–Crippen MR) is 68.9 cm³/mol. The van der Waals surface area contributed by atoms with Crippen molar-refractivity contribution in [1.82, 2.24) is 5.32 Å². The van der Waals surface area contributed by atoms with Gasteiger partial charge in [0.2, 0.25) is 5.91 Å². The molecule has 0 radical (unpaired) electrons. The number of anilines is 1. The van der Waals surface area contributed by atoms with E-state index in [1.807, 2.05) is 13.0 Å². The molecule has 0 aromatic heterocycles. The van der Waals surface area contributed by atoms with Gasteiger partial charge < -0.3 is 16.0 Å². The van der Waals surface area contributed by atoms with Gasteiger partial charge in [0.25, 0.3) is 0 Å². The van der Waals surface area contributed by atoms with Crippen molar-refractivity contribution in [2.45, 2.75) is 26.4 Å². The smallest absolute Gasteiger partial charge is 0.242 e. The number of nitrogens with one attached hydrogen (secondary N) is 1. The Morgan fingerprint density at radius 2 is 2.29 bits per heavy atom. The summed E-state index contributed by atoms with van der Waals surface area (Å²) in [5, 5.41) is 2.87. The Morgan fingerprint density at radius 1 is 1.53 bits per heavy atom. The third-order valence-corrected chi connectivity index (χ3v) is 3.27. The predicted octanol–water partition coefficient (Wildman–Crippen LogP) is 0.778. The van der Waals surface area contributed by atoms with E-state index in [0.29, 0.717) is 13.1 Å². The Kier molecular flexibility index (Phi) is 3.33. The first kappa shape index (κ1) is 11.9. The van der Waals surface area contributed by atoms with Gasteiger partial charge in [-0.05, 0) is 31.0 Å². The van der Waals surface area contributed by atoms with Crippen LogP contribution in [0, 0.1) is 6.92 Å². The highest BCUT2D eigenvalue weighted by molar-refractivity contribution is 5.86. The molecule has 1 heterocycles. The molecular weight excluding hydrogens is 214 g/mol. The summed E-state index contributed by atoms with van der Waals surface area (Å²) in [6, 6.07) is 6.08. The molecule has 0 spiro atoms. The summed E-state index contributed by atoms with van der Waals surface area (Å²) in [6.07, 6.45) is 0. The van der Waals surface area contributed by atoms with Crippen molar-refractivity contribution in [3.63, 3.8) is 0 Å². The molecule has 1 fully saturated rings. The second kappa shape index (κ2) is 4.75. The molecule has 92 valence electrons. The van der Waals surface area contributed by atoms with E-state index >= 15 is 0 Å². The molecule has 1 aliphatic heterocycles. The Bertz CT molecular complexity index is 431. The standard InChI is InChI=1S/C13H19N3O/c1-9-3-4-11(8-14)12(7-9)16-6-5-15-13(17)10(16)2/h3-4,7,10H,5-6,8,14H2,1-2H3,(H,15,17). The zero-order valence-corrected chi connectivity index (χ0v) is 10.4. The number of aryl methyl sites for hydroxylation is 1. The van der Waals surface area contributed by atoms with Crippen LogP contribution < -0.4 is 16.0 Å². The van der Waals surface area contributed by atoms with Gasteiger partial charge in [0.1, 0.15) is 6.04 Å². The number of nitrogens with two attached hydrogens (primary N) is 1. The maximum Gasteiger partial charge on any atom is 0.242 e. The molecule has 0 bridgehead atoms. The van der Waals surface area contributed by atoms with Gasteiger partial charge in [-0.25, -0.2) is 0 Å². The fourth-order valence-electron chi connectivity index (χ4n) is 2.23. The molecule has 1 amide bonds. The molecule has 1 atom stereocenters. The van der Waals surface area contributed by atoms with Crippen LogP contribution in [0.25, 0.3) is 0 Å². The topological polar surface area (TPSA) is 58.4 Å². The summed E-state index contributed by atoms with van der Waals surface area (Å²) in [6.45, 7) is 6.01. The second-order valence-corrected chi connectivity index (χ2v) is 4.50. The zero-order valence-electron chi connectivity index (χ0n) is 10.4.